The first-order chi connectivity index (χ1) is 17.9. The highest BCUT2D eigenvalue weighted by atomic mass is 19.1. The Bertz CT molecular complexity index is 1290. The van der Waals surface area contributed by atoms with Crippen LogP contribution in [0.1, 0.15) is 31.2 Å². The fraction of sp³-hybridized carbons (Fsp3) is 0.429. The molecule has 2 aliphatic rings. The van der Waals surface area contributed by atoms with E-state index in [0.29, 0.717) is 34.4 Å². The zero-order valence-electron chi connectivity index (χ0n) is 21.1. The van der Waals surface area contributed by atoms with Crippen LogP contribution in [0.3, 0.4) is 0 Å². The number of nitrogens with zero attached hydrogens (tertiary/aromatic N) is 5. The van der Waals surface area contributed by atoms with Crippen LogP contribution < -0.4 is 16.0 Å². The Morgan fingerprint density at radius 1 is 1.05 bits per heavy atom. The molecule has 0 bridgehead atoms. The lowest BCUT2D eigenvalue weighted by atomic mass is 9.86. The minimum atomic E-state index is -0.595. The summed E-state index contributed by atoms with van der Waals surface area (Å²) in [6.45, 7) is 4.06. The Kier molecular flexibility index (Phi) is 7.40. The fourth-order valence-corrected chi connectivity index (χ4v) is 5.31. The van der Waals surface area contributed by atoms with Crippen molar-refractivity contribution in [3.8, 4) is 23.0 Å². The van der Waals surface area contributed by atoms with Crippen molar-refractivity contribution in [2.24, 2.45) is 11.7 Å². The molecule has 5 rings (SSSR count). The lowest BCUT2D eigenvalue weighted by molar-refractivity contribution is 0.311. The molecule has 1 saturated carbocycles. The van der Waals surface area contributed by atoms with E-state index in [1.165, 1.54) is 18.2 Å². The molecule has 0 radical (unpaired) electrons. The molecular weight excluding hydrogens is 472 g/mol. The van der Waals surface area contributed by atoms with Crippen LogP contribution in [-0.4, -0.2) is 60.5 Å². The van der Waals surface area contributed by atoms with E-state index < -0.39 is 5.82 Å². The van der Waals surface area contributed by atoms with Gasteiger partial charge in [-0.1, -0.05) is 12.5 Å². The number of piperazine rings is 1. The monoisotopic (exact) mass is 505 g/mol. The molecule has 1 aliphatic carbocycles. The zero-order chi connectivity index (χ0) is 25.9. The molecule has 1 saturated heterocycles. The van der Waals surface area contributed by atoms with Crippen molar-refractivity contribution in [1.29, 1.82) is 5.26 Å². The fourth-order valence-electron chi connectivity index (χ4n) is 5.31. The molecule has 37 heavy (non-hydrogen) atoms. The number of nitrogens with one attached hydrogen (secondary N) is 1. The van der Waals surface area contributed by atoms with Gasteiger partial charge in [0.2, 0.25) is 0 Å². The number of hydrogen-bond acceptors (Lipinski definition) is 6. The van der Waals surface area contributed by atoms with Crippen molar-refractivity contribution in [2.45, 2.75) is 31.7 Å². The van der Waals surface area contributed by atoms with Gasteiger partial charge in [0.15, 0.2) is 0 Å². The molecule has 3 N–H and O–H groups in total. The quantitative estimate of drug-likeness (QED) is 0.518. The first kappa shape index (κ1) is 25.2. The third-order valence-electron chi connectivity index (χ3n) is 7.51. The van der Waals surface area contributed by atoms with Gasteiger partial charge in [0.05, 0.1) is 22.6 Å². The van der Waals surface area contributed by atoms with Gasteiger partial charge in [0, 0.05) is 56.5 Å². The summed E-state index contributed by atoms with van der Waals surface area (Å²) >= 11 is 0. The van der Waals surface area contributed by atoms with E-state index in [4.69, 9.17) is 16.1 Å². The largest absolute Gasteiger partial charge is 0.370 e. The minimum absolute atomic E-state index is 0.0169. The number of rotatable bonds is 6. The molecule has 2 atom stereocenters. The van der Waals surface area contributed by atoms with E-state index in [1.54, 1.807) is 10.7 Å². The van der Waals surface area contributed by atoms with Crippen LogP contribution in [0.2, 0.25) is 0 Å². The van der Waals surface area contributed by atoms with E-state index in [1.807, 2.05) is 24.3 Å². The second kappa shape index (κ2) is 10.9. The highest BCUT2D eigenvalue weighted by Crippen LogP contribution is 2.30. The summed E-state index contributed by atoms with van der Waals surface area (Å²) in [5, 5.41) is 17.3. The molecule has 7 nitrogen and oxygen atoms in total. The number of hydrogen-bond donors (Lipinski definition) is 2. The van der Waals surface area contributed by atoms with Gasteiger partial charge >= 0.3 is 0 Å². The average Bonchev–Trinajstić information content (AvgIpc) is 3.32. The summed E-state index contributed by atoms with van der Waals surface area (Å²) in [6.07, 6.45) is 4.24. The van der Waals surface area contributed by atoms with E-state index >= 15 is 4.39 Å². The van der Waals surface area contributed by atoms with Gasteiger partial charge in [-0.15, -0.1) is 0 Å². The molecule has 1 aliphatic heterocycles. The Hall–Kier alpha value is -3.48. The smallest absolute Gasteiger partial charge is 0.148 e. The summed E-state index contributed by atoms with van der Waals surface area (Å²) in [5.41, 5.74) is 8.42. The predicted molar refractivity (Wildman–Crippen MR) is 142 cm³/mol. The molecule has 3 aromatic rings. The number of benzene rings is 2. The Balaban J connectivity index is 1.45. The summed E-state index contributed by atoms with van der Waals surface area (Å²) in [5.74, 6) is 0.250. The van der Waals surface area contributed by atoms with E-state index in [2.05, 4.69) is 22.2 Å². The van der Waals surface area contributed by atoms with Crippen LogP contribution >= 0.6 is 0 Å². The van der Waals surface area contributed by atoms with Crippen LogP contribution in [0.15, 0.2) is 42.5 Å². The highest BCUT2D eigenvalue weighted by molar-refractivity contribution is 5.66. The number of anilines is 2. The van der Waals surface area contributed by atoms with Crippen LogP contribution in [0.4, 0.5) is 20.3 Å². The molecule has 9 heteroatoms. The van der Waals surface area contributed by atoms with Gasteiger partial charge in [-0.3, -0.25) is 0 Å². The lowest BCUT2D eigenvalue weighted by Gasteiger charge is -2.34. The third-order valence-corrected chi connectivity index (χ3v) is 7.51. The maximum atomic E-state index is 15.3. The first-order valence-electron chi connectivity index (χ1n) is 12.9. The molecule has 2 heterocycles. The summed E-state index contributed by atoms with van der Waals surface area (Å²) < 4.78 is 31.3. The Morgan fingerprint density at radius 3 is 2.57 bits per heavy atom. The van der Waals surface area contributed by atoms with Gasteiger partial charge in [0.1, 0.15) is 23.5 Å². The van der Waals surface area contributed by atoms with E-state index in [-0.39, 0.29) is 17.4 Å². The van der Waals surface area contributed by atoms with Gasteiger partial charge in [-0.2, -0.15) is 10.4 Å². The van der Waals surface area contributed by atoms with E-state index in [0.717, 1.165) is 58.4 Å². The standard InChI is InChI=1S/C28H33F2N7/c1-35-9-11-36(12-10-35)27-8-7-23(15-25(27)30)37-28(33-18-19-3-2-4-22(32)13-19)16-26(34-37)20-5-6-21(17-31)24(29)14-20/h5-8,14-16,19,22,33H,2-4,9-13,18,32H2,1H3/t19-,22-/m0/s1. The number of nitriles is 1. The van der Waals surface area contributed by atoms with Crippen molar-refractivity contribution >= 4 is 11.5 Å². The van der Waals surface area contributed by atoms with Crippen molar-refractivity contribution in [2.75, 3.05) is 50.0 Å². The van der Waals surface area contributed by atoms with Crippen LogP contribution in [0.5, 0.6) is 0 Å². The average molecular weight is 506 g/mol. The Morgan fingerprint density at radius 2 is 1.86 bits per heavy atom. The van der Waals surface area contributed by atoms with Crippen LogP contribution in [0, 0.1) is 28.9 Å². The highest BCUT2D eigenvalue weighted by Gasteiger charge is 2.22. The number of aromatic nitrogens is 2. The summed E-state index contributed by atoms with van der Waals surface area (Å²) in [4.78, 5) is 4.30. The molecule has 0 spiro atoms. The third kappa shape index (κ3) is 5.60. The molecule has 2 fully saturated rings. The zero-order valence-corrected chi connectivity index (χ0v) is 21.1. The number of likely N-dealkylation sites (N-methyl/N-ethyl adjacent to an activating group) is 1. The van der Waals surface area contributed by atoms with Crippen molar-refractivity contribution in [1.82, 2.24) is 14.7 Å². The SMILES string of the molecule is CN1CCN(c2ccc(-n3nc(-c4ccc(C#N)c(F)c4)cc3NC[C@H]3CCC[C@H](N)C3)cc2F)CC1. The first-order valence-corrected chi connectivity index (χ1v) is 12.9. The normalized spacial score (nSPS) is 20.6. The van der Waals surface area contributed by atoms with Crippen molar-refractivity contribution < 1.29 is 8.78 Å². The molecule has 0 amide bonds. The maximum Gasteiger partial charge on any atom is 0.148 e. The van der Waals surface area contributed by atoms with Crippen molar-refractivity contribution in [3.05, 3.63) is 59.7 Å². The molecule has 194 valence electrons. The predicted octanol–water partition coefficient (Wildman–Crippen LogP) is 4.37. The number of halogens is 2. The minimum Gasteiger partial charge on any atom is -0.370 e. The van der Waals surface area contributed by atoms with Gasteiger partial charge in [0.25, 0.3) is 0 Å². The van der Waals surface area contributed by atoms with Gasteiger partial charge in [-0.25, -0.2) is 13.5 Å². The van der Waals surface area contributed by atoms with Gasteiger partial charge < -0.3 is 20.9 Å². The van der Waals surface area contributed by atoms with E-state index in [9.17, 15) is 4.39 Å². The van der Waals surface area contributed by atoms with Crippen LogP contribution in [0.25, 0.3) is 16.9 Å². The second-order valence-electron chi connectivity index (χ2n) is 10.2. The summed E-state index contributed by atoms with van der Waals surface area (Å²) in [7, 11) is 2.07. The molecule has 0 unspecified atom stereocenters. The molecule has 2 aromatic carbocycles. The second-order valence-corrected chi connectivity index (χ2v) is 10.2. The number of nitrogens with two attached hydrogens (primary N) is 1. The van der Waals surface area contributed by atoms with Gasteiger partial charge in [-0.05, 0) is 56.5 Å². The van der Waals surface area contributed by atoms with Crippen LogP contribution in [-0.2, 0) is 0 Å². The Labute approximate surface area is 216 Å². The molecule has 1 aromatic heterocycles. The maximum absolute atomic E-state index is 15.3. The van der Waals surface area contributed by atoms with Crippen molar-refractivity contribution in [3.63, 3.8) is 0 Å². The molecular formula is C28H33F2N7. The topological polar surface area (TPSA) is 86.1 Å². The summed E-state index contributed by atoms with van der Waals surface area (Å²) in [6, 6.07) is 13.5. The lowest BCUT2D eigenvalue weighted by Crippen LogP contribution is -2.44.